The van der Waals surface area contributed by atoms with Crippen LogP contribution in [0.2, 0.25) is 0 Å². The van der Waals surface area contributed by atoms with Gasteiger partial charge in [0.2, 0.25) is 0 Å². The monoisotopic (exact) mass is 199 g/mol. The molecule has 1 N–H and O–H groups in total. The van der Waals surface area contributed by atoms with Crippen LogP contribution in [0.1, 0.15) is 37.6 Å². The van der Waals surface area contributed by atoms with E-state index < -0.39 is 0 Å². The molecule has 0 bridgehead atoms. The third-order valence-corrected chi connectivity index (χ3v) is 3.26. The topological polar surface area (TPSA) is 37.8 Å². The van der Waals surface area contributed by atoms with E-state index in [2.05, 4.69) is 28.8 Å². The highest BCUT2D eigenvalue weighted by Crippen LogP contribution is 2.28. The minimum Gasteiger partial charge on any atom is -0.312 e. The Balaban J connectivity index is 2.72. The molecule has 1 atom stereocenters. The van der Waals surface area contributed by atoms with Crippen molar-refractivity contribution in [2.24, 2.45) is 5.92 Å². The van der Waals surface area contributed by atoms with Crippen LogP contribution >= 0.6 is 11.5 Å². The van der Waals surface area contributed by atoms with Crippen molar-refractivity contribution in [2.45, 2.75) is 32.7 Å². The zero-order valence-corrected chi connectivity index (χ0v) is 9.27. The van der Waals surface area contributed by atoms with Gasteiger partial charge >= 0.3 is 0 Å². The quantitative estimate of drug-likeness (QED) is 0.790. The van der Waals surface area contributed by atoms with Crippen molar-refractivity contribution < 1.29 is 0 Å². The van der Waals surface area contributed by atoms with Gasteiger partial charge in [-0.25, -0.2) is 0 Å². The molecule has 1 heterocycles. The minimum atomic E-state index is 0.426. The zero-order chi connectivity index (χ0) is 9.68. The van der Waals surface area contributed by atoms with Crippen LogP contribution in [0.4, 0.5) is 0 Å². The molecule has 0 aliphatic rings. The van der Waals surface area contributed by atoms with Crippen molar-refractivity contribution in [1.29, 1.82) is 0 Å². The number of aromatic nitrogens is 2. The Morgan fingerprint density at radius 2 is 2.15 bits per heavy atom. The van der Waals surface area contributed by atoms with E-state index in [9.17, 15) is 0 Å². The van der Waals surface area contributed by atoms with E-state index in [1.165, 1.54) is 29.3 Å². The number of rotatable bonds is 5. The second kappa shape index (κ2) is 5.29. The maximum Gasteiger partial charge on any atom is 0.0669 e. The van der Waals surface area contributed by atoms with Gasteiger partial charge in [0.05, 0.1) is 11.1 Å². The zero-order valence-electron chi connectivity index (χ0n) is 8.45. The van der Waals surface area contributed by atoms with Crippen LogP contribution in [0.3, 0.4) is 0 Å². The number of nitrogens with one attached hydrogen (secondary N) is 1. The van der Waals surface area contributed by atoms with E-state index >= 15 is 0 Å². The van der Waals surface area contributed by atoms with Crippen LogP contribution in [0.15, 0.2) is 6.20 Å². The summed E-state index contributed by atoms with van der Waals surface area (Å²) in [5, 5.41) is 7.21. The number of hydrogen-bond donors (Lipinski definition) is 1. The van der Waals surface area contributed by atoms with Crippen LogP contribution in [0.25, 0.3) is 0 Å². The molecule has 1 aromatic rings. The molecule has 0 aliphatic heterocycles. The predicted octanol–water partition coefficient (Wildman–Crippen LogP) is 2.23. The summed E-state index contributed by atoms with van der Waals surface area (Å²) in [6, 6.07) is 0.426. The minimum absolute atomic E-state index is 0.426. The second-order valence-electron chi connectivity index (χ2n) is 3.16. The largest absolute Gasteiger partial charge is 0.312 e. The maximum atomic E-state index is 3.89. The first kappa shape index (κ1) is 10.6. The molecule has 0 radical (unpaired) electrons. The molecule has 0 saturated carbocycles. The molecule has 0 amide bonds. The third kappa shape index (κ3) is 2.48. The van der Waals surface area contributed by atoms with Crippen LogP contribution < -0.4 is 5.32 Å². The molecule has 0 saturated heterocycles. The molecule has 4 heteroatoms. The Kier molecular flexibility index (Phi) is 4.32. The van der Waals surface area contributed by atoms with Crippen molar-refractivity contribution in [3.8, 4) is 0 Å². The summed E-state index contributed by atoms with van der Waals surface area (Å²) in [5.41, 5.74) is 0. The lowest BCUT2D eigenvalue weighted by Crippen LogP contribution is -2.23. The van der Waals surface area contributed by atoms with Gasteiger partial charge in [0.15, 0.2) is 0 Å². The lowest BCUT2D eigenvalue weighted by molar-refractivity contribution is 0.364. The number of hydrogen-bond acceptors (Lipinski definition) is 4. The van der Waals surface area contributed by atoms with E-state index in [0.29, 0.717) is 12.0 Å². The van der Waals surface area contributed by atoms with E-state index in [0.717, 1.165) is 0 Å². The summed E-state index contributed by atoms with van der Waals surface area (Å²) >= 11 is 1.49. The van der Waals surface area contributed by atoms with Crippen molar-refractivity contribution in [3.05, 3.63) is 11.1 Å². The van der Waals surface area contributed by atoms with Gasteiger partial charge < -0.3 is 5.32 Å². The molecule has 1 unspecified atom stereocenters. The Bertz CT molecular complexity index is 219. The molecule has 1 rings (SSSR count). The summed E-state index contributed by atoms with van der Waals surface area (Å²) in [7, 11) is 2.00. The Morgan fingerprint density at radius 1 is 1.46 bits per heavy atom. The van der Waals surface area contributed by atoms with E-state index in [4.69, 9.17) is 0 Å². The normalized spacial score (nSPS) is 13.5. The molecule has 0 aliphatic carbocycles. The smallest absolute Gasteiger partial charge is 0.0669 e. The predicted molar refractivity (Wildman–Crippen MR) is 55.8 cm³/mol. The fourth-order valence-corrected chi connectivity index (χ4v) is 2.39. The maximum absolute atomic E-state index is 3.89. The summed E-state index contributed by atoms with van der Waals surface area (Å²) in [6.07, 6.45) is 4.25. The number of nitrogens with zero attached hydrogens (tertiary/aromatic N) is 2. The van der Waals surface area contributed by atoms with E-state index in [1.54, 1.807) is 0 Å². The van der Waals surface area contributed by atoms with E-state index in [-0.39, 0.29) is 0 Å². The average molecular weight is 199 g/mol. The highest BCUT2D eigenvalue weighted by molar-refractivity contribution is 7.05. The lowest BCUT2D eigenvalue weighted by Gasteiger charge is -2.22. The summed E-state index contributed by atoms with van der Waals surface area (Å²) < 4.78 is 3.89. The molecular formula is C9H17N3S. The third-order valence-electron chi connectivity index (χ3n) is 2.52. The molecule has 0 spiro atoms. The van der Waals surface area contributed by atoms with Gasteiger partial charge in [-0.05, 0) is 24.5 Å². The molecule has 0 aromatic carbocycles. The fraction of sp³-hybridized carbons (Fsp3) is 0.778. The Hall–Kier alpha value is -0.480. The van der Waals surface area contributed by atoms with Crippen molar-refractivity contribution >= 4 is 11.5 Å². The molecule has 13 heavy (non-hydrogen) atoms. The first-order chi connectivity index (χ1) is 6.33. The van der Waals surface area contributed by atoms with Crippen LogP contribution in [0, 0.1) is 5.92 Å². The van der Waals surface area contributed by atoms with Gasteiger partial charge in [-0.3, -0.25) is 0 Å². The van der Waals surface area contributed by atoms with Gasteiger partial charge in [-0.1, -0.05) is 31.2 Å². The Morgan fingerprint density at radius 3 is 2.54 bits per heavy atom. The Labute approximate surface area is 83.7 Å². The van der Waals surface area contributed by atoms with Gasteiger partial charge in [0.1, 0.15) is 0 Å². The first-order valence-corrected chi connectivity index (χ1v) is 5.55. The summed E-state index contributed by atoms with van der Waals surface area (Å²) in [6.45, 7) is 4.46. The van der Waals surface area contributed by atoms with Gasteiger partial charge in [0.25, 0.3) is 0 Å². The van der Waals surface area contributed by atoms with Crippen molar-refractivity contribution in [2.75, 3.05) is 7.05 Å². The second-order valence-corrected chi connectivity index (χ2v) is 3.98. The average Bonchev–Trinajstić information content (AvgIpc) is 2.66. The van der Waals surface area contributed by atoms with E-state index in [1.807, 2.05) is 13.2 Å². The van der Waals surface area contributed by atoms with Gasteiger partial charge in [0, 0.05) is 6.04 Å². The SMILES string of the molecule is CCC(CC)C(NC)c1cnns1. The standard InChI is InChI=1S/C9H17N3S/c1-4-7(5-2)9(10-3)8-6-11-12-13-8/h6-7,9-10H,4-5H2,1-3H3. The van der Waals surface area contributed by atoms with Crippen LogP contribution in [0.5, 0.6) is 0 Å². The first-order valence-electron chi connectivity index (χ1n) is 4.77. The van der Waals surface area contributed by atoms with Crippen LogP contribution in [-0.4, -0.2) is 16.6 Å². The molecule has 74 valence electrons. The van der Waals surface area contributed by atoms with Gasteiger partial charge in [-0.2, -0.15) is 0 Å². The van der Waals surface area contributed by atoms with Crippen LogP contribution in [-0.2, 0) is 0 Å². The van der Waals surface area contributed by atoms with Crippen molar-refractivity contribution in [3.63, 3.8) is 0 Å². The van der Waals surface area contributed by atoms with Gasteiger partial charge in [-0.15, -0.1) is 5.10 Å². The lowest BCUT2D eigenvalue weighted by atomic mass is 9.93. The van der Waals surface area contributed by atoms with Crippen molar-refractivity contribution in [1.82, 2.24) is 14.9 Å². The highest BCUT2D eigenvalue weighted by atomic mass is 32.1. The highest BCUT2D eigenvalue weighted by Gasteiger charge is 2.20. The summed E-state index contributed by atoms with van der Waals surface area (Å²) in [4.78, 5) is 1.25. The molecule has 3 nitrogen and oxygen atoms in total. The molecule has 0 fully saturated rings. The fourth-order valence-electron chi connectivity index (χ4n) is 1.68. The summed E-state index contributed by atoms with van der Waals surface area (Å²) in [5.74, 6) is 0.687. The molecular weight excluding hydrogens is 182 g/mol. The molecule has 1 aromatic heterocycles.